The van der Waals surface area contributed by atoms with E-state index in [1.165, 1.54) is 0 Å². The third-order valence-corrected chi connectivity index (χ3v) is 2.29. The maximum absolute atomic E-state index is 12.1. The van der Waals surface area contributed by atoms with Gasteiger partial charge in [-0.1, -0.05) is 13.3 Å². The Morgan fingerprint density at radius 2 is 2.29 bits per heavy atom. The van der Waals surface area contributed by atoms with Gasteiger partial charge in [0.25, 0.3) is 0 Å². The Bertz CT molecular complexity index is 273. The second kappa shape index (κ2) is 4.93. The lowest BCUT2D eigenvalue weighted by Gasteiger charge is -2.15. The molecule has 0 amide bonds. The Kier molecular flexibility index (Phi) is 3.85. The largest absolute Gasteiger partial charge is 0.369 e. The summed E-state index contributed by atoms with van der Waals surface area (Å²) >= 11 is 0. The van der Waals surface area contributed by atoms with E-state index in [1.54, 1.807) is 17.0 Å². The molecule has 0 aromatic carbocycles. The summed E-state index contributed by atoms with van der Waals surface area (Å²) in [5.41, 5.74) is 5.54. The first-order valence-electron chi connectivity index (χ1n) is 4.68. The summed E-state index contributed by atoms with van der Waals surface area (Å²) in [7, 11) is 0. The molecule has 3 nitrogen and oxygen atoms in total. The van der Waals surface area contributed by atoms with Crippen molar-refractivity contribution in [2.24, 2.45) is 5.92 Å². The first kappa shape index (κ1) is 10.9. The molecule has 80 valence electrons. The topological polar surface area (TPSA) is 43.8 Å². The van der Waals surface area contributed by atoms with Gasteiger partial charge in [-0.05, 0) is 5.92 Å². The fourth-order valence-corrected chi connectivity index (χ4v) is 1.40. The molecule has 0 aliphatic rings. The molecule has 0 aliphatic carbocycles. The predicted octanol–water partition coefficient (Wildman–Crippen LogP) is 2.15. The van der Waals surface area contributed by atoms with Crippen LogP contribution in [0.1, 0.15) is 19.8 Å². The molecule has 1 unspecified atom stereocenters. The van der Waals surface area contributed by atoms with Crippen molar-refractivity contribution in [1.82, 2.24) is 9.55 Å². The van der Waals surface area contributed by atoms with Gasteiger partial charge in [-0.3, -0.25) is 0 Å². The van der Waals surface area contributed by atoms with Crippen LogP contribution < -0.4 is 5.73 Å². The molecule has 1 aromatic rings. The Morgan fingerprint density at radius 3 is 2.71 bits per heavy atom. The van der Waals surface area contributed by atoms with Crippen LogP contribution in [0.2, 0.25) is 0 Å². The molecule has 1 heterocycles. The summed E-state index contributed by atoms with van der Waals surface area (Å²) in [5.74, 6) is 0.351. The standard InChI is InChI=1S/C9H15F2N3/c1-2-7(5-8(10)11)6-14-4-3-13-9(14)12/h3-4,7-8H,2,5-6H2,1H3,(H2,12,13). The number of nitrogens with zero attached hydrogens (tertiary/aromatic N) is 2. The van der Waals surface area contributed by atoms with Crippen LogP contribution in [0.15, 0.2) is 12.4 Å². The molecule has 1 rings (SSSR count). The summed E-state index contributed by atoms with van der Waals surface area (Å²) in [5, 5.41) is 0. The number of aromatic nitrogens is 2. The lowest BCUT2D eigenvalue weighted by Crippen LogP contribution is -2.14. The zero-order valence-corrected chi connectivity index (χ0v) is 8.16. The van der Waals surface area contributed by atoms with Crippen LogP contribution >= 0.6 is 0 Å². The monoisotopic (exact) mass is 203 g/mol. The Hall–Kier alpha value is -1.13. The van der Waals surface area contributed by atoms with Crippen LogP contribution in [-0.2, 0) is 6.54 Å². The van der Waals surface area contributed by atoms with Gasteiger partial charge in [-0.2, -0.15) is 0 Å². The van der Waals surface area contributed by atoms with Crippen LogP contribution in [0.25, 0.3) is 0 Å². The van der Waals surface area contributed by atoms with Gasteiger partial charge in [-0.25, -0.2) is 13.8 Å². The minimum absolute atomic E-state index is 0.0356. The van der Waals surface area contributed by atoms with Crippen molar-refractivity contribution in [1.29, 1.82) is 0 Å². The van der Waals surface area contributed by atoms with Gasteiger partial charge in [0.1, 0.15) is 0 Å². The first-order chi connectivity index (χ1) is 6.63. The van der Waals surface area contributed by atoms with E-state index in [2.05, 4.69) is 4.98 Å². The number of hydrogen-bond donors (Lipinski definition) is 1. The molecule has 0 bridgehead atoms. The highest BCUT2D eigenvalue weighted by Crippen LogP contribution is 2.17. The van der Waals surface area contributed by atoms with Gasteiger partial charge in [0.2, 0.25) is 6.43 Å². The van der Waals surface area contributed by atoms with Crippen molar-refractivity contribution in [2.45, 2.75) is 32.7 Å². The molecule has 5 heteroatoms. The SMILES string of the molecule is CCC(CC(F)F)Cn1ccnc1N. The van der Waals surface area contributed by atoms with E-state index in [4.69, 9.17) is 5.73 Å². The summed E-state index contributed by atoms with van der Waals surface area (Å²) in [6.45, 7) is 2.42. The molecule has 14 heavy (non-hydrogen) atoms. The van der Waals surface area contributed by atoms with Gasteiger partial charge < -0.3 is 10.3 Å². The molecular weight excluding hydrogens is 188 g/mol. The van der Waals surface area contributed by atoms with Gasteiger partial charge in [0, 0.05) is 25.4 Å². The minimum Gasteiger partial charge on any atom is -0.369 e. The van der Waals surface area contributed by atoms with Crippen molar-refractivity contribution in [3.63, 3.8) is 0 Å². The van der Waals surface area contributed by atoms with Crippen LogP contribution in [0.5, 0.6) is 0 Å². The lowest BCUT2D eigenvalue weighted by atomic mass is 10.0. The first-order valence-corrected chi connectivity index (χ1v) is 4.68. The molecule has 0 fully saturated rings. The van der Waals surface area contributed by atoms with Crippen molar-refractivity contribution in [3.8, 4) is 0 Å². The quantitative estimate of drug-likeness (QED) is 0.796. The minimum atomic E-state index is -2.25. The Balaban J connectivity index is 2.52. The van der Waals surface area contributed by atoms with Gasteiger partial charge in [-0.15, -0.1) is 0 Å². The molecule has 0 saturated carbocycles. The third kappa shape index (κ3) is 2.97. The zero-order valence-electron chi connectivity index (χ0n) is 8.16. The second-order valence-electron chi connectivity index (χ2n) is 3.34. The predicted molar refractivity (Wildman–Crippen MR) is 51.0 cm³/mol. The third-order valence-electron chi connectivity index (χ3n) is 2.29. The summed E-state index contributed by atoms with van der Waals surface area (Å²) < 4.78 is 26.0. The number of nitrogen functional groups attached to an aromatic ring is 1. The zero-order chi connectivity index (χ0) is 10.6. The maximum atomic E-state index is 12.1. The highest BCUT2D eigenvalue weighted by Gasteiger charge is 2.14. The molecule has 0 aliphatic heterocycles. The summed E-state index contributed by atoms with van der Waals surface area (Å²) in [6, 6.07) is 0. The highest BCUT2D eigenvalue weighted by molar-refractivity contribution is 5.16. The van der Waals surface area contributed by atoms with E-state index in [0.717, 1.165) is 6.42 Å². The van der Waals surface area contributed by atoms with E-state index >= 15 is 0 Å². The number of rotatable bonds is 5. The van der Waals surface area contributed by atoms with E-state index < -0.39 is 6.43 Å². The number of halogens is 2. The molecule has 2 N–H and O–H groups in total. The average molecular weight is 203 g/mol. The van der Waals surface area contributed by atoms with E-state index in [1.807, 2.05) is 6.92 Å². The van der Waals surface area contributed by atoms with Crippen molar-refractivity contribution in [3.05, 3.63) is 12.4 Å². The molecular formula is C9H15F2N3. The second-order valence-corrected chi connectivity index (χ2v) is 3.34. The van der Waals surface area contributed by atoms with Crippen molar-refractivity contribution in [2.75, 3.05) is 5.73 Å². The van der Waals surface area contributed by atoms with Crippen molar-refractivity contribution < 1.29 is 8.78 Å². The normalized spacial score (nSPS) is 13.4. The van der Waals surface area contributed by atoms with Crippen LogP contribution in [0, 0.1) is 5.92 Å². The van der Waals surface area contributed by atoms with Crippen LogP contribution in [0.3, 0.4) is 0 Å². The lowest BCUT2D eigenvalue weighted by molar-refractivity contribution is 0.109. The number of anilines is 1. The number of imidazole rings is 1. The molecule has 1 aromatic heterocycles. The fraction of sp³-hybridized carbons (Fsp3) is 0.667. The Morgan fingerprint density at radius 1 is 1.57 bits per heavy atom. The average Bonchev–Trinajstić information content (AvgIpc) is 2.50. The summed E-state index contributed by atoms with van der Waals surface area (Å²) in [6.07, 6.45) is 1.69. The molecule has 0 saturated heterocycles. The number of hydrogen-bond acceptors (Lipinski definition) is 2. The van der Waals surface area contributed by atoms with E-state index in [-0.39, 0.29) is 12.3 Å². The van der Waals surface area contributed by atoms with E-state index in [0.29, 0.717) is 12.5 Å². The van der Waals surface area contributed by atoms with E-state index in [9.17, 15) is 8.78 Å². The summed E-state index contributed by atoms with van der Waals surface area (Å²) in [4.78, 5) is 3.84. The van der Waals surface area contributed by atoms with Gasteiger partial charge in [0.15, 0.2) is 5.95 Å². The van der Waals surface area contributed by atoms with Crippen LogP contribution in [-0.4, -0.2) is 16.0 Å². The Labute approximate surface area is 81.9 Å². The highest BCUT2D eigenvalue weighted by atomic mass is 19.3. The fourth-order valence-electron chi connectivity index (χ4n) is 1.40. The molecule has 0 radical (unpaired) electrons. The smallest absolute Gasteiger partial charge is 0.239 e. The van der Waals surface area contributed by atoms with Gasteiger partial charge >= 0.3 is 0 Å². The number of nitrogens with two attached hydrogens (primary N) is 1. The van der Waals surface area contributed by atoms with Crippen LogP contribution in [0.4, 0.5) is 14.7 Å². The molecule has 1 atom stereocenters. The number of alkyl halides is 2. The van der Waals surface area contributed by atoms with Gasteiger partial charge in [0.05, 0.1) is 0 Å². The maximum Gasteiger partial charge on any atom is 0.239 e. The van der Waals surface area contributed by atoms with Crippen molar-refractivity contribution >= 4 is 5.95 Å². The molecule has 0 spiro atoms.